The van der Waals surface area contributed by atoms with Crippen molar-refractivity contribution in [1.82, 2.24) is 5.32 Å². The van der Waals surface area contributed by atoms with Crippen LogP contribution in [0.1, 0.15) is 425 Å². The van der Waals surface area contributed by atoms with Crippen molar-refractivity contribution in [2.75, 3.05) is 13.2 Å². The monoisotopic (exact) mass is 1150 g/mol. The predicted octanol–water partition coefficient (Wildman–Crippen LogP) is 24.5. The van der Waals surface area contributed by atoms with Crippen LogP contribution in [0.2, 0.25) is 0 Å². The Labute approximate surface area is 513 Å². The minimum Gasteiger partial charge on any atom is -0.466 e. The molecule has 6 nitrogen and oxygen atoms in total. The Kier molecular flexibility index (Phi) is 70.4. The van der Waals surface area contributed by atoms with Crippen molar-refractivity contribution in [3.63, 3.8) is 0 Å². The molecular weight excluding hydrogens is 1010 g/mol. The Bertz CT molecular complexity index is 1280. The Balaban J connectivity index is 3.38. The Hall–Kier alpha value is -1.66. The molecule has 1 amide bonds. The van der Waals surface area contributed by atoms with Gasteiger partial charge in [-0.3, -0.25) is 9.59 Å². The zero-order valence-electron chi connectivity index (χ0n) is 55.8. The molecule has 82 heavy (non-hydrogen) atoms. The molecule has 0 fully saturated rings. The third-order valence-corrected chi connectivity index (χ3v) is 17.8. The standard InChI is InChI=1S/C76H147NO5/c1-3-5-7-9-11-13-15-17-19-20-21-35-38-41-44-48-52-56-60-64-68-74(79)73(72-78)77-75(80)69-65-61-57-53-49-45-42-39-36-33-31-29-27-25-23-22-24-26-28-30-32-34-37-40-43-47-51-55-59-63-67-71-82-76(81)70-66-62-58-54-50-46-18-16-14-12-10-8-6-4-2/h24,26,30,32,73-74,78-79H,3-23,25,27-29,31,33-72H2,1-2H3,(H,77,80)/b26-24-,32-30-. The summed E-state index contributed by atoms with van der Waals surface area (Å²) in [6.45, 7) is 5.00. The van der Waals surface area contributed by atoms with E-state index < -0.39 is 12.1 Å². The van der Waals surface area contributed by atoms with Gasteiger partial charge in [-0.05, 0) is 57.8 Å². The summed E-state index contributed by atoms with van der Waals surface area (Å²) in [7, 11) is 0. The van der Waals surface area contributed by atoms with Crippen LogP contribution in [-0.4, -0.2) is 47.4 Å². The van der Waals surface area contributed by atoms with Crippen LogP contribution < -0.4 is 5.32 Å². The van der Waals surface area contributed by atoms with E-state index in [1.807, 2.05) is 0 Å². The number of unbranched alkanes of at least 4 members (excludes halogenated alkanes) is 56. The van der Waals surface area contributed by atoms with Gasteiger partial charge >= 0.3 is 5.97 Å². The van der Waals surface area contributed by atoms with Crippen molar-refractivity contribution in [3.8, 4) is 0 Å². The number of rotatable bonds is 71. The summed E-state index contributed by atoms with van der Waals surface area (Å²) in [6, 6.07) is -0.542. The van der Waals surface area contributed by atoms with Gasteiger partial charge in [0.05, 0.1) is 25.4 Å². The zero-order chi connectivity index (χ0) is 59.2. The van der Waals surface area contributed by atoms with Gasteiger partial charge in [0.2, 0.25) is 5.91 Å². The molecule has 2 atom stereocenters. The number of nitrogens with one attached hydrogen (secondary N) is 1. The van der Waals surface area contributed by atoms with Crippen LogP contribution in [0.25, 0.3) is 0 Å². The minimum absolute atomic E-state index is 0.0163. The van der Waals surface area contributed by atoms with Crippen molar-refractivity contribution in [3.05, 3.63) is 24.3 Å². The van der Waals surface area contributed by atoms with Gasteiger partial charge in [0.1, 0.15) is 0 Å². The lowest BCUT2D eigenvalue weighted by Gasteiger charge is -2.22. The maximum Gasteiger partial charge on any atom is 0.305 e. The number of amides is 1. The number of hydrogen-bond donors (Lipinski definition) is 3. The summed E-state index contributed by atoms with van der Waals surface area (Å²) < 4.78 is 5.49. The average Bonchev–Trinajstić information content (AvgIpc) is 3.48. The lowest BCUT2D eigenvalue weighted by atomic mass is 10.0. The van der Waals surface area contributed by atoms with Crippen molar-refractivity contribution >= 4 is 11.9 Å². The van der Waals surface area contributed by atoms with Gasteiger partial charge in [-0.2, -0.15) is 0 Å². The lowest BCUT2D eigenvalue weighted by molar-refractivity contribution is -0.143. The fourth-order valence-electron chi connectivity index (χ4n) is 12.0. The molecule has 0 spiro atoms. The number of hydrogen-bond acceptors (Lipinski definition) is 5. The molecule has 0 aromatic heterocycles. The second kappa shape index (κ2) is 71.8. The van der Waals surface area contributed by atoms with Crippen LogP contribution in [0, 0.1) is 0 Å². The minimum atomic E-state index is -0.665. The van der Waals surface area contributed by atoms with Crippen molar-refractivity contribution in [1.29, 1.82) is 0 Å². The summed E-state index contributed by atoms with van der Waals surface area (Å²) in [5.74, 6) is -0.0133. The van der Waals surface area contributed by atoms with E-state index in [1.54, 1.807) is 0 Å². The molecule has 0 aromatic carbocycles. The quantitative estimate of drug-likeness (QED) is 0.0320. The molecule has 0 aliphatic heterocycles. The Morgan fingerprint density at radius 1 is 0.341 bits per heavy atom. The van der Waals surface area contributed by atoms with Crippen LogP contribution in [0.5, 0.6) is 0 Å². The maximum absolute atomic E-state index is 12.5. The molecule has 0 heterocycles. The van der Waals surface area contributed by atoms with E-state index in [-0.39, 0.29) is 18.5 Å². The zero-order valence-corrected chi connectivity index (χ0v) is 55.8. The Morgan fingerprint density at radius 2 is 0.610 bits per heavy atom. The number of allylic oxidation sites excluding steroid dienone is 4. The SMILES string of the molecule is CCCCCCCCCCCCCCCCCCCCCCC(O)C(CO)NC(=O)CCCCCCCCCCCCCCCCC/C=C\C/C=C\CCCCCCCCCCCOC(=O)CCCCCCCCCCCCCCCC. The summed E-state index contributed by atoms with van der Waals surface area (Å²) >= 11 is 0. The normalized spacial score (nSPS) is 12.6. The highest BCUT2D eigenvalue weighted by Crippen LogP contribution is 2.19. The molecule has 0 rings (SSSR count). The van der Waals surface area contributed by atoms with E-state index in [1.165, 1.54) is 347 Å². The topological polar surface area (TPSA) is 95.9 Å². The fourth-order valence-corrected chi connectivity index (χ4v) is 12.0. The van der Waals surface area contributed by atoms with Crippen LogP contribution >= 0.6 is 0 Å². The van der Waals surface area contributed by atoms with E-state index in [4.69, 9.17) is 4.74 Å². The number of carbonyl (C=O) groups excluding carboxylic acids is 2. The van der Waals surface area contributed by atoms with E-state index in [2.05, 4.69) is 43.5 Å². The van der Waals surface area contributed by atoms with Gasteiger partial charge in [-0.1, -0.05) is 378 Å². The summed E-state index contributed by atoms with van der Waals surface area (Å²) in [6.07, 6.45) is 91.0. The molecule has 3 N–H and O–H groups in total. The molecule has 0 aliphatic carbocycles. The smallest absolute Gasteiger partial charge is 0.305 e. The number of aliphatic hydroxyl groups is 2. The van der Waals surface area contributed by atoms with Gasteiger partial charge in [0.25, 0.3) is 0 Å². The summed E-state index contributed by atoms with van der Waals surface area (Å²) in [5.41, 5.74) is 0. The first-order valence-corrected chi connectivity index (χ1v) is 37.6. The predicted molar refractivity (Wildman–Crippen MR) is 361 cm³/mol. The first kappa shape index (κ1) is 80.3. The second-order valence-electron chi connectivity index (χ2n) is 26.0. The van der Waals surface area contributed by atoms with Crippen LogP contribution in [0.15, 0.2) is 24.3 Å². The first-order chi connectivity index (χ1) is 40.5. The molecule has 2 unspecified atom stereocenters. The second-order valence-corrected chi connectivity index (χ2v) is 26.0. The largest absolute Gasteiger partial charge is 0.466 e. The van der Waals surface area contributed by atoms with Crippen molar-refractivity contribution in [2.45, 2.75) is 437 Å². The summed E-state index contributed by atoms with van der Waals surface area (Å²) in [5, 5.41) is 23.4. The molecule has 0 saturated heterocycles. The van der Waals surface area contributed by atoms with Crippen molar-refractivity contribution in [2.24, 2.45) is 0 Å². The van der Waals surface area contributed by atoms with Crippen LogP contribution in [-0.2, 0) is 14.3 Å². The molecular formula is C76H147NO5. The molecule has 0 radical (unpaired) electrons. The number of carbonyl (C=O) groups is 2. The fraction of sp³-hybridized carbons (Fsp3) is 0.921. The molecule has 486 valence electrons. The van der Waals surface area contributed by atoms with E-state index >= 15 is 0 Å². The highest BCUT2D eigenvalue weighted by atomic mass is 16.5. The van der Waals surface area contributed by atoms with Gasteiger partial charge in [-0.15, -0.1) is 0 Å². The van der Waals surface area contributed by atoms with E-state index in [9.17, 15) is 19.8 Å². The first-order valence-electron chi connectivity index (χ1n) is 37.6. The lowest BCUT2D eigenvalue weighted by Crippen LogP contribution is -2.45. The van der Waals surface area contributed by atoms with E-state index in [0.29, 0.717) is 25.9 Å². The number of esters is 1. The van der Waals surface area contributed by atoms with Gasteiger partial charge in [-0.25, -0.2) is 0 Å². The molecule has 0 bridgehead atoms. The van der Waals surface area contributed by atoms with Gasteiger partial charge in [0.15, 0.2) is 0 Å². The number of aliphatic hydroxyl groups excluding tert-OH is 2. The highest BCUT2D eigenvalue weighted by Gasteiger charge is 2.20. The van der Waals surface area contributed by atoms with Crippen LogP contribution in [0.4, 0.5) is 0 Å². The average molecular weight is 1160 g/mol. The number of ether oxygens (including phenoxy) is 1. The molecule has 6 heteroatoms. The molecule has 0 saturated carbocycles. The third-order valence-electron chi connectivity index (χ3n) is 17.8. The van der Waals surface area contributed by atoms with E-state index in [0.717, 1.165) is 44.9 Å². The van der Waals surface area contributed by atoms with Gasteiger partial charge in [0, 0.05) is 12.8 Å². The highest BCUT2D eigenvalue weighted by molar-refractivity contribution is 5.76. The third kappa shape index (κ3) is 67.5. The Morgan fingerprint density at radius 3 is 0.927 bits per heavy atom. The summed E-state index contributed by atoms with van der Waals surface area (Å²) in [4.78, 5) is 24.6. The van der Waals surface area contributed by atoms with Crippen molar-refractivity contribution < 1.29 is 24.5 Å². The molecule has 0 aromatic rings. The van der Waals surface area contributed by atoms with Crippen LogP contribution in [0.3, 0.4) is 0 Å². The van der Waals surface area contributed by atoms with Gasteiger partial charge < -0.3 is 20.3 Å². The maximum atomic E-state index is 12.5. The molecule has 0 aliphatic rings.